The second kappa shape index (κ2) is 7.03. The number of nitrogens with zero attached hydrogens (tertiary/aromatic N) is 4. The van der Waals surface area contributed by atoms with Gasteiger partial charge in [0.1, 0.15) is 11.6 Å². The van der Waals surface area contributed by atoms with E-state index in [1.165, 1.54) is 18.3 Å². The summed E-state index contributed by atoms with van der Waals surface area (Å²) in [6.07, 6.45) is 2.89. The highest BCUT2D eigenvalue weighted by molar-refractivity contribution is 5.89. The lowest BCUT2D eigenvalue weighted by Crippen LogP contribution is -2.41. The van der Waals surface area contributed by atoms with Crippen LogP contribution in [-0.2, 0) is 13.1 Å². The number of fused-ring (bicyclic) bond motifs is 1. The van der Waals surface area contributed by atoms with Gasteiger partial charge in [-0.05, 0) is 49.2 Å². The van der Waals surface area contributed by atoms with Crippen LogP contribution in [0.3, 0.4) is 0 Å². The molecule has 0 saturated carbocycles. The first-order chi connectivity index (χ1) is 13.4. The Morgan fingerprint density at radius 1 is 1.07 bits per heavy atom. The highest BCUT2D eigenvalue weighted by Gasteiger charge is 2.25. The lowest BCUT2D eigenvalue weighted by molar-refractivity contribution is 0.194. The molecule has 28 heavy (non-hydrogen) atoms. The van der Waals surface area contributed by atoms with E-state index in [0.29, 0.717) is 42.1 Å². The first-order valence-electron chi connectivity index (χ1n) is 8.91. The summed E-state index contributed by atoms with van der Waals surface area (Å²) in [5.41, 5.74) is 3.75. The summed E-state index contributed by atoms with van der Waals surface area (Å²) in [4.78, 5) is 18.5. The number of hydrogen-bond acceptors (Lipinski definition) is 3. The number of carbonyl (C=O) groups is 1. The molecule has 0 radical (unpaired) electrons. The van der Waals surface area contributed by atoms with Crippen LogP contribution in [0, 0.1) is 25.5 Å². The van der Waals surface area contributed by atoms with E-state index in [-0.39, 0.29) is 17.7 Å². The molecule has 0 unspecified atom stereocenters. The van der Waals surface area contributed by atoms with Crippen molar-refractivity contribution in [1.82, 2.24) is 19.7 Å². The molecule has 0 spiro atoms. The van der Waals surface area contributed by atoms with Crippen molar-refractivity contribution in [3.05, 3.63) is 65.1 Å². The summed E-state index contributed by atoms with van der Waals surface area (Å²) in [6, 6.07) is 5.86. The van der Waals surface area contributed by atoms with Crippen LogP contribution in [0.25, 0.3) is 11.3 Å². The van der Waals surface area contributed by atoms with Gasteiger partial charge in [0.25, 0.3) is 0 Å². The number of anilines is 1. The van der Waals surface area contributed by atoms with E-state index in [9.17, 15) is 13.6 Å². The van der Waals surface area contributed by atoms with E-state index in [1.54, 1.807) is 37.1 Å². The van der Waals surface area contributed by atoms with Crippen LogP contribution >= 0.6 is 0 Å². The fraction of sp³-hybridized carbons (Fsp3) is 0.250. The molecule has 2 aromatic heterocycles. The monoisotopic (exact) mass is 383 g/mol. The number of pyridine rings is 1. The number of halogens is 2. The van der Waals surface area contributed by atoms with Crippen LogP contribution in [-0.4, -0.2) is 32.2 Å². The fourth-order valence-corrected chi connectivity index (χ4v) is 3.24. The largest absolute Gasteiger partial charge is 0.322 e. The molecule has 144 valence electrons. The average molecular weight is 383 g/mol. The smallest absolute Gasteiger partial charge is 0.317 e. The lowest BCUT2D eigenvalue weighted by Gasteiger charge is -2.28. The van der Waals surface area contributed by atoms with Crippen molar-refractivity contribution in [1.29, 1.82) is 0 Å². The molecule has 8 heteroatoms. The van der Waals surface area contributed by atoms with Crippen molar-refractivity contribution in [2.45, 2.75) is 26.9 Å². The minimum Gasteiger partial charge on any atom is -0.317 e. The van der Waals surface area contributed by atoms with Crippen LogP contribution in [0.15, 0.2) is 36.7 Å². The Kier molecular flexibility index (Phi) is 4.54. The Hall–Kier alpha value is -3.29. The second-order valence-corrected chi connectivity index (χ2v) is 6.86. The van der Waals surface area contributed by atoms with Crippen LogP contribution in [0.4, 0.5) is 19.3 Å². The van der Waals surface area contributed by atoms with Gasteiger partial charge in [-0.25, -0.2) is 13.6 Å². The lowest BCUT2D eigenvalue weighted by atomic mass is 10.1. The minimum atomic E-state index is -0.361. The Morgan fingerprint density at radius 2 is 1.86 bits per heavy atom. The van der Waals surface area contributed by atoms with Gasteiger partial charge in [0.2, 0.25) is 0 Å². The van der Waals surface area contributed by atoms with Crippen LogP contribution in [0.1, 0.15) is 16.8 Å². The summed E-state index contributed by atoms with van der Waals surface area (Å²) in [5.74, 6) is -0.674. The third-order valence-corrected chi connectivity index (χ3v) is 4.89. The van der Waals surface area contributed by atoms with Gasteiger partial charge in [0, 0.05) is 17.8 Å². The number of amides is 2. The van der Waals surface area contributed by atoms with Crippen molar-refractivity contribution in [3.8, 4) is 11.3 Å². The molecule has 1 N–H and O–H groups in total. The Bertz CT molecular complexity index is 1060. The van der Waals surface area contributed by atoms with Crippen molar-refractivity contribution >= 4 is 11.7 Å². The summed E-state index contributed by atoms with van der Waals surface area (Å²) < 4.78 is 28.8. The van der Waals surface area contributed by atoms with E-state index in [1.807, 2.05) is 4.68 Å². The van der Waals surface area contributed by atoms with Crippen LogP contribution in [0.2, 0.25) is 0 Å². The third-order valence-electron chi connectivity index (χ3n) is 4.89. The highest BCUT2D eigenvalue weighted by Crippen LogP contribution is 2.27. The van der Waals surface area contributed by atoms with Gasteiger partial charge in [0.15, 0.2) is 0 Å². The zero-order valence-corrected chi connectivity index (χ0v) is 15.5. The van der Waals surface area contributed by atoms with Gasteiger partial charge in [-0.1, -0.05) is 0 Å². The predicted octanol–water partition coefficient (Wildman–Crippen LogP) is 3.89. The molecule has 1 aliphatic rings. The molecular weight excluding hydrogens is 364 g/mol. The molecule has 0 atom stereocenters. The van der Waals surface area contributed by atoms with E-state index < -0.39 is 0 Å². The third kappa shape index (κ3) is 3.33. The topological polar surface area (TPSA) is 63.1 Å². The van der Waals surface area contributed by atoms with Crippen molar-refractivity contribution in [2.24, 2.45) is 0 Å². The van der Waals surface area contributed by atoms with Crippen molar-refractivity contribution in [3.63, 3.8) is 0 Å². The van der Waals surface area contributed by atoms with Crippen LogP contribution < -0.4 is 5.32 Å². The maximum absolute atomic E-state index is 13.5. The number of hydrogen-bond donors (Lipinski definition) is 1. The van der Waals surface area contributed by atoms with E-state index in [2.05, 4.69) is 15.4 Å². The molecule has 2 amide bonds. The van der Waals surface area contributed by atoms with Gasteiger partial charge in [-0.15, -0.1) is 0 Å². The van der Waals surface area contributed by atoms with Gasteiger partial charge >= 0.3 is 6.03 Å². The summed E-state index contributed by atoms with van der Waals surface area (Å²) in [6.45, 7) is 4.72. The first kappa shape index (κ1) is 18.1. The normalized spacial score (nSPS) is 13.4. The average Bonchev–Trinajstić information content (AvgIpc) is 3.10. The van der Waals surface area contributed by atoms with Gasteiger partial charge in [-0.3, -0.25) is 9.67 Å². The Morgan fingerprint density at radius 3 is 2.61 bits per heavy atom. The molecule has 1 aliphatic heterocycles. The maximum Gasteiger partial charge on any atom is 0.322 e. The molecule has 0 bridgehead atoms. The van der Waals surface area contributed by atoms with Gasteiger partial charge in [0.05, 0.1) is 36.9 Å². The molecule has 0 saturated heterocycles. The SMILES string of the molecule is Cc1cc(NC(=O)N2CCn3ncc(-c4cc(C)c(F)cn4)c3C2)ccc1F. The molecule has 6 nitrogen and oxygen atoms in total. The molecule has 3 heterocycles. The number of aryl methyl sites for hydroxylation is 2. The predicted molar refractivity (Wildman–Crippen MR) is 101 cm³/mol. The molecule has 3 aromatic rings. The number of aromatic nitrogens is 3. The summed E-state index contributed by atoms with van der Waals surface area (Å²) >= 11 is 0. The summed E-state index contributed by atoms with van der Waals surface area (Å²) in [5, 5.41) is 7.17. The van der Waals surface area contributed by atoms with E-state index >= 15 is 0 Å². The molecule has 1 aromatic carbocycles. The van der Waals surface area contributed by atoms with Crippen molar-refractivity contribution < 1.29 is 13.6 Å². The molecule has 4 rings (SSSR count). The minimum absolute atomic E-state index is 0.271. The zero-order valence-electron chi connectivity index (χ0n) is 15.5. The van der Waals surface area contributed by atoms with E-state index in [0.717, 1.165) is 11.3 Å². The van der Waals surface area contributed by atoms with Gasteiger partial charge in [-0.2, -0.15) is 5.10 Å². The second-order valence-electron chi connectivity index (χ2n) is 6.86. The van der Waals surface area contributed by atoms with E-state index in [4.69, 9.17) is 0 Å². The highest BCUT2D eigenvalue weighted by atomic mass is 19.1. The fourth-order valence-electron chi connectivity index (χ4n) is 3.24. The number of carbonyl (C=O) groups excluding carboxylic acids is 1. The summed E-state index contributed by atoms with van der Waals surface area (Å²) in [7, 11) is 0. The molecule has 0 fully saturated rings. The number of nitrogens with one attached hydrogen (secondary N) is 1. The number of urea groups is 1. The Balaban J connectivity index is 1.55. The standard InChI is InChI=1S/C20H19F2N5O/c1-12-7-14(3-4-16(12)21)25-20(28)26-5-6-27-19(11-26)15(9-24-27)18-8-13(2)17(22)10-23-18/h3-4,7-10H,5-6,11H2,1-2H3,(H,25,28). The molecular formula is C20H19F2N5O. The maximum atomic E-state index is 13.5. The molecule has 0 aliphatic carbocycles. The Labute approximate surface area is 160 Å². The number of benzene rings is 1. The number of rotatable bonds is 2. The van der Waals surface area contributed by atoms with Crippen molar-refractivity contribution in [2.75, 3.05) is 11.9 Å². The zero-order chi connectivity index (χ0) is 19.8. The van der Waals surface area contributed by atoms with Gasteiger partial charge < -0.3 is 10.2 Å². The van der Waals surface area contributed by atoms with Crippen LogP contribution in [0.5, 0.6) is 0 Å². The first-order valence-corrected chi connectivity index (χ1v) is 8.91. The quantitative estimate of drug-likeness (QED) is 0.730.